The predicted octanol–water partition coefficient (Wildman–Crippen LogP) is 2.32. The molecule has 110 valence electrons. The molecule has 0 fully saturated rings. The van der Waals surface area contributed by atoms with E-state index >= 15 is 0 Å². The number of anilines is 2. The van der Waals surface area contributed by atoms with Crippen LogP contribution in [-0.4, -0.2) is 28.6 Å². The number of para-hydroxylation sites is 1. The van der Waals surface area contributed by atoms with Gasteiger partial charge in [0, 0.05) is 13.6 Å². The van der Waals surface area contributed by atoms with Crippen molar-refractivity contribution in [3.8, 4) is 5.75 Å². The number of benzene rings is 2. The van der Waals surface area contributed by atoms with Gasteiger partial charge in [0.2, 0.25) is 0 Å². The lowest BCUT2D eigenvalue weighted by Gasteiger charge is -2.22. The highest BCUT2D eigenvalue weighted by atomic mass is 32.2. The second kappa shape index (κ2) is 5.29. The number of fused-ring (bicyclic) bond motifs is 1. The van der Waals surface area contributed by atoms with E-state index in [0.717, 1.165) is 0 Å². The molecule has 0 bridgehead atoms. The molecule has 0 aromatic heterocycles. The Morgan fingerprint density at radius 1 is 1.14 bits per heavy atom. The summed E-state index contributed by atoms with van der Waals surface area (Å²) in [4.78, 5) is 0.241. The molecule has 0 unspecified atom stereocenters. The number of sulfonamides is 1. The fourth-order valence-electron chi connectivity index (χ4n) is 2.22. The van der Waals surface area contributed by atoms with E-state index in [4.69, 9.17) is 4.74 Å². The van der Waals surface area contributed by atoms with Crippen LogP contribution in [0, 0.1) is 0 Å². The van der Waals surface area contributed by atoms with Gasteiger partial charge in [-0.25, -0.2) is 8.42 Å². The molecule has 3 rings (SSSR count). The number of hydrogen-bond acceptors (Lipinski definition) is 4. The highest BCUT2D eigenvalue weighted by Gasteiger charge is 2.23. The summed E-state index contributed by atoms with van der Waals surface area (Å²) >= 11 is 0. The van der Waals surface area contributed by atoms with Gasteiger partial charge in [-0.15, -0.1) is 0 Å². The van der Waals surface area contributed by atoms with Crippen molar-refractivity contribution in [3.05, 3.63) is 48.5 Å². The molecule has 6 heteroatoms. The molecular weight excluding hydrogens is 288 g/mol. The molecule has 0 radical (unpaired) electrons. The summed E-state index contributed by atoms with van der Waals surface area (Å²) in [5.41, 5.74) is 1.34. The minimum absolute atomic E-state index is 0.241. The zero-order chi connectivity index (χ0) is 14.9. The number of rotatable bonds is 3. The Labute approximate surface area is 124 Å². The maximum atomic E-state index is 12.7. The highest BCUT2D eigenvalue weighted by Crippen LogP contribution is 2.31. The normalized spacial score (nSPS) is 13.8. The molecule has 1 aliphatic heterocycles. The van der Waals surface area contributed by atoms with Crippen LogP contribution in [0.2, 0.25) is 0 Å². The molecule has 1 aliphatic rings. The smallest absolute Gasteiger partial charge is 0.264 e. The lowest BCUT2D eigenvalue weighted by atomic mass is 10.2. The zero-order valence-electron chi connectivity index (χ0n) is 11.6. The molecule has 21 heavy (non-hydrogen) atoms. The van der Waals surface area contributed by atoms with Crippen LogP contribution in [0.4, 0.5) is 11.4 Å². The molecule has 0 saturated carbocycles. The summed E-state index contributed by atoms with van der Waals surface area (Å²) in [6, 6.07) is 13.9. The molecule has 0 spiro atoms. The van der Waals surface area contributed by atoms with Crippen LogP contribution in [0.3, 0.4) is 0 Å². The highest BCUT2D eigenvalue weighted by molar-refractivity contribution is 7.92. The number of nitrogens with one attached hydrogen (secondary N) is 1. The minimum Gasteiger partial charge on any atom is -0.490 e. The van der Waals surface area contributed by atoms with Crippen molar-refractivity contribution in [1.29, 1.82) is 0 Å². The first-order valence-corrected chi connectivity index (χ1v) is 8.08. The Morgan fingerprint density at radius 3 is 2.67 bits per heavy atom. The van der Waals surface area contributed by atoms with Crippen LogP contribution >= 0.6 is 0 Å². The molecule has 1 heterocycles. The molecule has 0 amide bonds. The monoisotopic (exact) mass is 304 g/mol. The second-order valence-corrected chi connectivity index (χ2v) is 6.71. The lowest BCUT2D eigenvalue weighted by Crippen LogP contribution is -2.27. The van der Waals surface area contributed by atoms with Gasteiger partial charge >= 0.3 is 0 Å². The van der Waals surface area contributed by atoms with Crippen LogP contribution in [-0.2, 0) is 10.0 Å². The first kappa shape index (κ1) is 13.8. The Morgan fingerprint density at radius 2 is 1.90 bits per heavy atom. The minimum atomic E-state index is -3.59. The summed E-state index contributed by atoms with van der Waals surface area (Å²) < 4.78 is 32.1. The van der Waals surface area contributed by atoms with Gasteiger partial charge in [0.05, 0.1) is 16.3 Å². The Hall–Kier alpha value is -2.21. The molecule has 1 N–H and O–H groups in total. The van der Waals surface area contributed by atoms with Crippen LogP contribution in [0.1, 0.15) is 0 Å². The fourth-order valence-corrected chi connectivity index (χ4v) is 3.44. The maximum Gasteiger partial charge on any atom is 0.264 e. The van der Waals surface area contributed by atoms with Crippen LogP contribution in [0.25, 0.3) is 0 Å². The third kappa shape index (κ3) is 2.54. The van der Waals surface area contributed by atoms with Crippen molar-refractivity contribution < 1.29 is 13.2 Å². The quantitative estimate of drug-likeness (QED) is 0.945. The first-order chi connectivity index (χ1) is 10.1. The first-order valence-electron chi connectivity index (χ1n) is 6.64. The van der Waals surface area contributed by atoms with Gasteiger partial charge in [-0.05, 0) is 30.3 Å². The zero-order valence-corrected chi connectivity index (χ0v) is 12.4. The summed E-state index contributed by atoms with van der Waals surface area (Å²) in [6.07, 6.45) is 0. The summed E-state index contributed by atoms with van der Waals surface area (Å²) in [5.74, 6) is 0.683. The molecule has 0 aliphatic carbocycles. The lowest BCUT2D eigenvalue weighted by molar-refractivity contribution is 0.323. The number of ether oxygens (including phenoxy) is 1. The van der Waals surface area contributed by atoms with Crippen LogP contribution in [0.15, 0.2) is 53.4 Å². The summed E-state index contributed by atoms with van der Waals surface area (Å²) in [7, 11) is -2.04. The van der Waals surface area contributed by atoms with Gasteiger partial charge in [-0.1, -0.05) is 18.2 Å². The molecule has 2 aromatic carbocycles. The van der Waals surface area contributed by atoms with E-state index in [1.165, 1.54) is 4.31 Å². The SMILES string of the molecule is CN(c1ccccc1)S(=O)(=O)c1ccc2c(c1)NCCO2. The van der Waals surface area contributed by atoms with Crippen molar-refractivity contribution >= 4 is 21.4 Å². The van der Waals surface area contributed by atoms with Gasteiger partial charge in [0.15, 0.2) is 0 Å². The number of nitrogens with zero attached hydrogens (tertiary/aromatic N) is 1. The van der Waals surface area contributed by atoms with Crippen LogP contribution < -0.4 is 14.4 Å². The average molecular weight is 304 g/mol. The topological polar surface area (TPSA) is 58.6 Å². The van der Waals surface area contributed by atoms with E-state index in [0.29, 0.717) is 30.3 Å². The van der Waals surface area contributed by atoms with E-state index < -0.39 is 10.0 Å². The summed E-state index contributed by atoms with van der Waals surface area (Å²) in [5, 5.41) is 3.15. The summed E-state index contributed by atoms with van der Waals surface area (Å²) in [6.45, 7) is 1.26. The molecule has 5 nitrogen and oxygen atoms in total. The molecule has 2 aromatic rings. The standard InChI is InChI=1S/C15H16N2O3S/c1-17(12-5-3-2-4-6-12)21(18,19)13-7-8-15-14(11-13)16-9-10-20-15/h2-8,11,16H,9-10H2,1H3. The Bertz CT molecular complexity index is 745. The van der Waals surface area contributed by atoms with E-state index in [1.807, 2.05) is 18.2 Å². The van der Waals surface area contributed by atoms with E-state index in [2.05, 4.69) is 5.32 Å². The second-order valence-electron chi connectivity index (χ2n) is 4.74. The third-order valence-electron chi connectivity index (χ3n) is 3.40. The molecular formula is C15H16N2O3S. The maximum absolute atomic E-state index is 12.7. The van der Waals surface area contributed by atoms with Crippen molar-refractivity contribution in [2.24, 2.45) is 0 Å². The van der Waals surface area contributed by atoms with Crippen molar-refractivity contribution in [2.45, 2.75) is 4.90 Å². The van der Waals surface area contributed by atoms with Gasteiger partial charge in [0.25, 0.3) is 10.0 Å². The average Bonchev–Trinajstić information content (AvgIpc) is 2.54. The fraction of sp³-hybridized carbons (Fsp3) is 0.200. The van der Waals surface area contributed by atoms with Crippen LogP contribution in [0.5, 0.6) is 5.75 Å². The van der Waals surface area contributed by atoms with Gasteiger partial charge in [0.1, 0.15) is 12.4 Å². The molecule has 0 atom stereocenters. The predicted molar refractivity (Wildman–Crippen MR) is 82.5 cm³/mol. The van der Waals surface area contributed by atoms with Crippen molar-refractivity contribution in [3.63, 3.8) is 0 Å². The van der Waals surface area contributed by atoms with E-state index in [-0.39, 0.29) is 4.90 Å². The Balaban J connectivity index is 1.98. The van der Waals surface area contributed by atoms with E-state index in [9.17, 15) is 8.42 Å². The largest absolute Gasteiger partial charge is 0.490 e. The van der Waals surface area contributed by atoms with Crippen molar-refractivity contribution in [1.82, 2.24) is 0 Å². The van der Waals surface area contributed by atoms with Gasteiger partial charge in [-0.3, -0.25) is 4.31 Å². The van der Waals surface area contributed by atoms with Gasteiger partial charge < -0.3 is 10.1 Å². The Kier molecular flexibility index (Phi) is 3.47. The van der Waals surface area contributed by atoms with Gasteiger partial charge in [-0.2, -0.15) is 0 Å². The third-order valence-corrected chi connectivity index (χ3v) is 5.19. The van der Waals surface area contributed by atoms with Crippen molar-refractivity contribution in [2.75, 3.05) is 29.8 Å². The molecule has 0 saturated heterocycles. The number of hydrogen-bond donors (Lipinski definition) is 1. The van der Waals surface area contributed by atoms with E-state index in [1.54, 1.807) is 37.4 Å².